The zero-order chi connectivity index (χ0) is 14.3. The van der Waals surface area contributed by atoms with Gasteiger partial charge in [-0.05, 0) is 29.4 Å². The van der Waals surface area contributed by atoms with Gasteiger partial charge in [0.1, 0.15) is 11.5 Å². The van der Waals surface area contributed by atoms with Gasteiger partial charge in [-0.25, -0.2) is 0 Å². The van der Waals surface area contributed by atoms with E-state index >= 15 is 0 Å². The topological polar surface area (TPSA) is 29.5 Å². The fourth-order valence-corrected chi connectivity index (χ4v) is 2.44. The summed E-state index contributed by atoms with van der Waals surface area (Å²) in [5, 5.41) is 10.4. The van der Waals surface area contributed by atoms with Crippen LogP contribution in [0, 0.1) is 6.92 Å². The molecule has 0 aliphatic carbocycles. The summed E-state index contributed by atoms with van der Waals surface area (Å²) < 4.78 is 5.53. The van der Waals surface area contributed by atoms with Crippen LogP contribution in [0.4, 0.5) is 0 Å². The van der Waals surface area contributed by atoms with E-state index in [1.165, 1.54) is 0 Å². The molecule has 0 fully saturated rings. The molecule has 1 N–H and O–H groups in total. The zero-order valence-corrected chi connectivity index (χ0v) is 12.9. The monoisotopic (exact) mass is 250 g/mol. The lowest BCUT2D eigenvalue weighted by Gasteiger charge is -2.29. The number of rotatable bonds is 1. The number of methoxy groups -OCH3 is 1. The van der Waals surface area contributed by atoms with Crippen molar-refractivity contribution in [3.8, 4) is 11.5 Å². The molecule has 18 heavy (non-hydrogen) atoms. The molecular weight excluding hydrogens is 224 g/mol. The molecule has 0 spiro atoms. The molecule has 2 nitrogen and oxygen atoms in total. The SMILES string of the molecule is COc1cc(C(C)(C)C)c(O)c(C)c1C(C)(C)C. The Kier molecular flexibility index (Phi) is 3.71. The molecule has 2 heteroatoms. The molecule has 1 rings (SSSR count). The highest BCUT2D eigenvalue weighted by Crippen LogP contribution is 2.43. The van der Waals surface area contributed by atoms with E-state index in [0.717, 1.165) is 22.4 Å². The van der Waals surface area contributed by atoms with Gasteiger partial charge >= 0.3 is 0 Å². The minimum absolute atomic E-state index is 0.0523. The van der Waals surface area contributed by atoms with Crippen molar-refractivity contribution in [1.29, 1.82) is 0 Å². The maximum absolute atomic E-state index is 10.4. The lowest BCUT2D eigenvalue weighted by Crippen LogP contribution is -2.18. The first-order valence-corrected chi connectivity index (χ1v) is 6.41. The predicted octanol–water partition coefficient (Wildman–Crippen LogP) is 4.30. The quantitative estimate of drug-likeness (QED) is 0.805. The average Bonchev–Trinajstić information content (AvgIpc) is 2.17. The van der Waals surface area contributed by atoms with Crippen LogP contribution in [0.1, 0.15) is 58.2 Å². The number of hydrogen-bond donors (Lipinski definition) is 1. The second-order valence-electron chi connectivity index (χ2n) is 6.97. The van der Waals surface area contributed by atoms with Crippen LogP contribution in [-0.2, 0) is 10.8 Å². The fraction of sp³-hybridized carbons (Fsp3) is 0.625. The normalized spacial score (nSPS) is 12.7. The van der Waals surface area contributed by atoms with E-state index in [4.69, 9.17) is 4.74 Å². The van der Waals surface area contributed by atoms with Crippen molar-refractivity contribution in [1.82, 2.24) is 0 Å². The third-order valence-electron chi connectivity index (χ3n) is 3.29. The Labute approximate surface area is 111 Å². The van der Waals surface area contributed by atoms with E-state index in [2.05, 4.69) is 41.5 Å². The van der Waals surface area contributed by atoms with Crippen LogP contribution in [0.5, 0.6) is 11.5 Å². The van der Waals surface area contributed by atoms with Crippen molar-refractivity contribution < 1.29 is 9.84 Å². The summed E-state index contributed by atoms with van der Waals surface area (Å²) in [6.45, 7) is 14.6. The molecule has 102 valence electrons. The molecular formula is C16H26O2. The lowest BCUT2D eigenvalue weighted by molar-refractivity contribution is 0.385. The number of aromatic hydroxyl groups is 1. The van der Waals surface area contributed by atoms with Gasteiger partial charge in [-0.3, -0.25) is 0 Å². The minimum atomic E-state index is -0.0987. The van der Waals surface area contributed by atoms with Crippen LogP contribution in [0.15, 0.2) is 6.07 Å². The Bertz CT molecular complexity index is 446. The predicted molar refractivity (Wildman–Crippen MR) is 76.8 cm³/mol. The molecule has 0 aliphatic heterocycles. The van der Waals surface area contributed by atoms with Crippen LogP contribution >= 0.6 is 0 Å². The molecule has 0 saturated heterocycles. The first-order valence-electron chi connectivity index (χ1n) is 6.41. The molecule has 0 atom stereocenters. The van der Waals surface area contributed by atoms with Crippen LogP contribution in [0.25, 0.3) is 0 Å². The molecule has 1 aromatic rings. The zero-order valence-electron chi connectivity index (χ0n) is 12.9. The van der Waals surface area contributed by atoms with Crippen LogP contribution in [-0.4, -0.2) is 12.2 Å². The third-order valence-corrected chi connectivity index (χ3v) is 3.29. The Morgan fingerprint density at radius 1 is 1.00 bits per heavy atom. The molecule has 0 heterocycles. The van der Waals surface area contributed by atoms with E-state index in [0.29, 0.717) is 5.75 Å². The second kappa shape index (κ2) is 4.49. The van der Waals surface area contributed by atoms with Gasteiger partial charge in [0.25, 0.3) is 0 Å². The molecule has 0 aliphatic rings. The summed E-state index contributed by atoms with van der Waals surface area (Å²) in [7, 11) is 1.69. The van der Waals surface area contributed by atoms with E-state index in [-0.39, 0.29) is 10.8 Å². The first kappa shape index (κ1) is 14.9. The first-order chi connectivity index (χ1) is 8.00. The number of phenols is 1. The van der Waals surface area contributed by atoms with Gasteiger partial charge in [0.2, 0.25) is 0 Å². The smallest absolute Gasteiger partial charge is 0.123 e. The van der Waals surface area contributed by atoms with Crippen molar-refractivity contribution in [2.45, 2.75) is 59.3 Å². The standard InChI is InChI=1S/C16H26O2/c1-10-13(16(5,6)7)12(18-8)9-11(14(10)17)15(2,3)4/h9,17H,1-8H3. The second-order valence-corrected chi connectivity index (χ2v) is 6.97. The molecule has 0 saturated carbocycles. The summed E-state index contributed by atoms with van der Waals surface area (Å²) in [5.74, 6) is 1.26. The Morgan fingerprint density at radius 2 is 1.50 bits per heavy atom. The van der Waals surface area contributed by atoms with Crippen molar-refractivity contribution in [3.05, 3.63) is 22.8 Å². The molecule has 0 amide bonds. The molecule has 1 aromatic carbocycles. The number of benzene rings is 1. The number of hydrogen-bond acceptors (Lipinski definition) is 2. The van der Waals surface area contributed by atoms with E-state index in [1.807, 2.05) is 13.0 Å². The van der Waals surface area contributed by atoms with Gasteiger partial charge in [0.05, 0.1) is 7.11 Å². The molecule has 0 bridgehead atoms. The molecule has 0 aromatic heterocycles. The summed E-state index contributed by atoms with van der Waals surface area (Å²) >= 11 is 0. The van der Waals surface area contributed by atoms with Gasteiger partial charge in [-0.15, -0.1) is 0 Å². The van der Waals surface area contributed by atoms with E-state index in [1.54, 1.807) is 7.11 Å². The Balaban J connectivity index is 3.66. The third kappa shape index (κ3) is 2.63. The molecule has 0 unspecified atom stereocenters. The van der Waals surface area contributed by atoms with Crippen LogP contribution in [0.3, 0.4) is 0 Å². The number of ether oxygens (including phenoxy) is 1. The summed E-state index contributed by atoms with van der Waals surface area (Å²) in [4.78, 5) is 0. The van der Waals surface area contributed by atoms with Gasteiger partial charge in [0, 0.05) is 11.1 Å². The number of phenolic OH excluding ortho intramolecular Hbond substituents is 1. The van der Waals surface area contributed by atoms with Crippen molar-refractivity contribution in [3.63, 3.8) is 0 Å². The lowest BCUT2D eigenvalue weighted by atomic mass is 9.78. The maximum Gasteiger partial charge on any atom is 0.123 e. The van der Waals surface area contributed by atoms with Gasteiger partial charge in [0.15, 0.2) is 0 Å². The average molecular weight is 250 g/mol. The van der Waals surface area contributed by atoms with Crippen LogP contribution < -0.4 is 4.74 Å². The fourth-order valence-electron chi connectivity index (χ4n) is 2.44. The van der Waals surface area contributed by atoms with Crippen molar-refractivity contribution in [2.75, 3.05) is 7.11 Å². The van der Waals surface area contributed by atoms with Crippen molar-refractivity contribution >= 4 is 0 Å². The summed E-state index contributed by atoms with van der Waals surface area (Å²) in [5.41, 5.74) is 2.79. The largest absolute Gasteiger partial charge is 0.507 e. The van der Waals surface area contributed by atoms with Gasteiger partial charge in [-0.2, -0.15) is 0 Å². The highest BCUT2D eigenvalue weighted by atomic mass is 16.5. The summed E-state index contributed by atoms with van der Waals surface area (Å²) in [6, 6.07) is 1.98. The van der Waals surface area contributed by atoms with Crippen molar-refractivity contribution in [2.24, 2.45) is 0 Å². The molecule has 0 radical (unpaired) electrons. The van der Waals surface area contributed by atoms with Crippen LogP contribution in [0.2, 0.25) is 0 Å². The van der Waals surface area contributed by atoms with E-state index < -0.39 is 0 Å². The maximum atomic E-state index is 10.4. The summed E-state index contributed by atoms with van der Waals surface area (Å²) in [6.07, 6.45) is 0. The Hall–Kier alpha value is -1.18. The minimum Gasteiger partial charge on any atom is -0.507 e. The van der Waals surface area contributed by atoms with E-state index in [9.17, 15) is 5.11 Å². The highest BCUT2D eigenvalue weighted by molar-refractivity contribution is 5.56. The van der Waals surface area contributed by atoms with Gasteiger partial charge in [-0.1, -0.05) is 41.5 Å². The highest BCUT2D eigenvalue weighted by Gasteiger charge is 2.28. The van der Waals surface area contributed by atoms with Gasteiger partial charge < -0.3 is 9.84 Å². The Morgan fingerprint density at radius 3 is 1.83 bits per heavy atom.